The van der Waals surface area contributed by atoms with Crippen molar-refractivity contribution in [1.82, 2.24) is 0 Å². The van der Waals surface area contributed by atoms with Crippen LogP contribution in [0.25, 0.3) is 0 Å². The van der Waals surface area contributed by atoms with Gasteiger partial charge in [0.15, 0.2) is 11.5 Å². The van der Waals surface area contributed by atoms with Gasteiger partial charge in [-0.3, -0.25) is 4.79 Å². The van der Waals surface area contributed by atoms with E-state index in [1.165, 1.54) is 7.11 Å². The van der Waals surface area contributed by atoms with Crippen molar-refractivity contribution in [3.8, 4) is 11.5 Å². The SMILES string of the molecule is CC[C@@H](N)C(=O)Nc1ccc(OC)c(OCCO)c1. The van der Waals surface area contributed by atoms with E-state index in [9.17, 15) is 4.79 Å². The number of aliphatic hydroxyl groups is 1. The summed E-state index contributed by atoms with van der Waals surface area (Å²) in [5.41, 5.74) is 6.21. The monoisotopic (exact) mass is 268 g/mol. The molecule has 6 heteroatoms. The molecule has 0 bridgehead atoms. The molecule has 1 aromatic carbocycles. The normalized spacial score (nSPS) is 11.8. The van der Waals surface area contributed by atoms with E-state index in [1.807, 2.05) is 6.92 Å². The Hall–Kier alpha value is -1.79. The van der Waals surface area contributed by atoms with Gasteiger partial charge in [0.1, 0.15) is 6.61 Å². The van der Waals surface area contributed by atoms with Crippen LogP contribution in [0.1, 0.15) is 13.3 Å². The fourth-order valence-electron chi connectivity index (χ4n) is 1.44. The average Bonchev–Trinajstić information content (AvgIpc) is 2.44. The van der Waals surface area contributed by atoms with Crippen molar-refractivity contribution < 1.29 is 19.4 Å². The third-order valence-corrected chi connectivity index (χ3v) is 2.56. The lowest BCUT2D eigenvalue weighted by atomic mass is 10.2. The van der Waals surface area contributed by atoms with Gasteiger partial charge in [-0.15, -0.1) is 0 Å². The first-order valence-electron chi connectivity index (χ1n) is 6.10. The number of carbonyl (C=O) groups excluding carboxylic acids is 1. The maximum atomic E-state index is 11.7. The van der Waals surface area contributed by atoms with Gasteiger partial charge in [0, 0.05) is 11.8 Å². The molecule has 0 spiro atoms. The third-order valence-electron chi connectivity index (χ3n) is 2.56. The average molecular weight is 268 g/mol. The lowest BCUT2D eigenvalue weighted by Crippen LogP contribution is -2.34. The molecule has 0 unspecified atom stereocenters. The summed E-state index contributed by atoms with van der Waals surface area (Å²) >= 11 is 0. The Morgan fingerprint density at radius 2 is 2.21 bits per heavy atom. The van der Waals surface area contributed by atoms with Crippen LogP contribution in [0.15, 0.2) is 18.2 Å². The van der Waals surface area contributed by atoms with Crippen LogP contribution in [-0.4, -0.2) is 37.4 Å². The fraction of sp³-hybridized carbons (Fsp3) is 0.462. The molecule has 4 N–H and O–H groups in total. The first-order valence-corrected chi connectivity index (χ1v) is 6.10. The number of nitrogens with one attached hydrogen (secondary N) is 1. The number of carbonyl (C=O) groups is 1. The van der Waals surface area contributed by atoms with Crippen LogP contribution in [0, 0.1) is 0 Å². The molecule has 1 atom stereocenters. The van der Waals surface area contributed by atoms with E-state index < -0.39 is 6.04 Å². The van der Waals surface area contributed by atoms with E-state index >= 15 is 0 Å². The summed E-state index contributed by atoms with van der Waals surface area (Å²) in [6.07, 6.45) is 0.565. The number of hydrogen-bond acceptors (Lipinski definition) is 5. The molecule has 0 aliphatic carbocycles. The van der Waals surface area contributed by atoms with Crippen molar-refractivity contribution in [3.63, 3.8) is 0 Å². The lowest BCUT2D eigenvalue weighted by Gasteiger charge is -2.14. The number of hydrogen-bond donors (Lipinski definition) is 3. The molecule has 0 aliphatic rings. The molecule has 0 aliphatic heterocycles. The number of aliphatic hydroxyl groups excluding tert-OH is 1. The van der Waals surface area contributed by atoms with E-state index in [0.717, 1.165) is 0 Å². The van der Waals surface area contributed by atoms with Crippen molar-refractivity contribution in [1.29, 1.82) is 0 Å². The Bertz CT molecular complexity index is 423. The largest absolute Gasteiger partial charge is 0.493 e. The van der Waals surface area contributed by atoms with Gasteiger partial charge in [-0.2, -0.15) is 0 Å². The summed E-state index contributed by atoms with van der Waals surface area (Å²) in [5.74, 6) is 0.742. The molecular formula is C13H20N2O4. The molecule has 19 heavy (non-hydrogen) atoms. The number of rotatable bonds is 7. The summed E-state index contributed by atoms with van der Waals surface area (Å²) in [7, 11) is 1.52. The van der Waals surface area contributed by atoms with Crippen LogP contribution >= 0.6 is 0 Å². The van der Waals surface area contributed by atoms with Crippen LogP contribution in [0.4, 0.5) is 5.69 Å². The first kappa shape index (κ1) is 15.3. The lowest BCUT2D eigenvalue weighted by molar-refractivity contribution is -0.117. The topological polar surface area (TPSA) is 93.8 Å². The maximum Gasteiger partial charge on any atom is 0.241 e. The van der Waals surface area contributed by atoms with E-state index in [1.54, 1.807) is 18.2 Å². The van der Waals surface area contributed by atoms with Crippen LogP contribution in [0.2, 0.25) is 0 Å². The third kappa shape index (κ3) is 4.42. The smallest absolute Gasteiger partial charge is 0.241 e. The number of methoxy groups -OCH3 is 1. The minimum absolute atomic E-state index is 0.0968. The van der Waals surface area contributed by atoms with Crippen molar-refractivity contribution in [2.24, 2.45) is 5.73 Å². The standard InChI is InChI=1S/C13H20N2O4/c1-3-10(14)13(17)15-9-4-5-11(18-2)12(8-9)19-7-6-16/h4-5,8,10,16H,3,6-7,14H2,1-2H3,(H,15,17)/t10-/m1/s1. The summed E-state index contributed by atoms with van der Waals surface area (Å²) < 4.78 is 10.5. The maximum absolute atomic E-state index is 11.7. The quantitative estimate of drug-likeness (QED) is 0.678. The molecule has 0 aromatic heterocycles. The zero-order chi connectivity index (χ0) is 14.3. The second kappa shape index (κ2) is 7.60. The van der Waals surface area contributed by atoms with Crippen molar-refractivity contribution in [2.45, 2.75) is 19.4 Å². The van der Waals surface area contributed by atoms with Gasteiger partial charge in [0.25, 0.3) is 0 Å². The zero-order valence-electron chi connectivity index (χ0n) is 11.2. The summed E-state index contributed by atoms with van der Waals surface area (Å²) in [6.45, 7) is 1.90. The number of amides is 1. The van der Waals surface area contributed by atoms with Crippen LogP contribution in [0.5, 0.6) is 11.5 Å². The predicted octanol–water partition coefficient (Wildman–Crippen LogP) is 0.742. The summed E-state index contributed by atoms with van der Waals surface area (Å²) in [5, 5.41) is 11.5. The molecule has 0 radical (unpaired) electrons. The molecule has 0 saturated carbocycles. The molecule has 1 amide bonds. The van der Waals surface area contributed by atoms with E-state index in [0.29, 0.717) is 23.6 Å². The van der Waals surface area contributed by atoms with Gasteiger partial charge in [-0.05, 0) is 18.6 Å². The Balaban J connectivity index is 2.82. The molecule has 1 rings (SSSR count). The van der Waals surface area contributed by atoms with Gasteiger partial charge >= 0.3 is 0 Å². The number of benzene rings is 1. The first-order chi connectivity index (χ1) is 9.12. The molecule has 0 saturated heterocycles. The van der Waals surface area contributed by atoms with Crippen LogP contribution in [-0.2, 0) is 4.79 Å². The Morgan fingerprint density at radius 3 is 2.79 bits per heavy atom. The molecule has 106 valence electrons. The molecule has 0 fully saturated rings. The van der Waals surface area contributed by atoms with Gasteiger partial charge in [-0.25, -0.2) is 0 Å². The van der Waals surface area contributed by atoms with Crippen LogP contribution < -0.4 is 20.5 Å². The second-order valence-corrected chi connectivity index (χ2v) is 3.94. The molecule has 0 heterocycles. The van der Waals surface area contributed by atoms with Gasteiger partial charge in [-0.1, -0.05) is 6.92 Å². The fourth-order valence-corrected chi connectivity index (χ4v) is 1.44. The highest BCUT2D eigenvalue weighted by Gasteiger charge is 2.12. The summed E-state index contributed by atoms with van der Waals surface area (Å²) in [4.78, 5) is 11.7. The van der Waals surface area contributed by atoms with Gasteiger partial charge in [0.2, 0.25) is 5.91 Å². The van der Waals surface area contributed by atoms with Crippen molar-refractivity contribution >= 4 is 11.6 Å². The van der Waals surface area contributed by atoms with Crippen molar-refractivity contribution in [3.05, 3.63) is 18.2 Å². The molecule has 1 aromatic rings. The highest BCUT2D eigenvalue weighted by Crippen LogP contribution is 2.30. The minimum atomic E-state index is -0.538. The highest BCUT2D eigenvalue weighted by molar-refractivity contribution is 5.94. The Labute approximate surface area is 112 Å². The molecule has 6 nitrogen and oxygen atoms in total. The van der Waals surface area contributed by atoms with E-state index in [-0.39, 0.29) is 19.1 Å². The highest BCUT2D eigenvalue weighted by atomic mass is 16.5. The minimum Gasteiger partial charge on any atom is -0.493 e. The van der Waals surface area contributed by atoms with E-state index in [4.69, 9.17) is 20.3 Å². The van der Waals surface area contributed by atoms with Gasteiger partial charge < -0.3 is 25.6 Å². The second-order valence-electron chi connectivity index (χ2n) is 3.94. The van der Waals surface area contributed by atoms with Gasteiger partial charge in [0.05, 0.1) is 19.8 Å². The Kier molecular flexibility index (Phi) is 6.11. The predicted molar refractivity (Wildman–Crippen MR) is 72.5 cm³/mol. The number of ether oxygens (including phenoxy) is 2. The van der Waals surface area contributed by atoms with Crippen LogP contribution in [0.3, 0.4) is 0 Å². The summed E-state index contributed by atoms with van der Waals surface area (Å²) in [6, 6.07) is 4.48. The number of anilines is 1. The van der Waals surface area contributed by atoms with Crippen molar-refractivity contribution in [2.75, 3.05) is 25.6 Å². The zero-order valence-corrected chi connectivity index (χ0v) is 11.2. The Morgan fingerprint density at radius 1 is 1.47 bits per heavy atom. The molecular weight excluding hydrogens is 248 g/mol. The van der Waals surface area contributed by atoms with E-state index in [2.05, 4.69) is 5.32 Å². The number of nitrogens with two attached hydrogens (primary N) is 1.